The van der Waals surface area contributed by atoms with E-state index in [2.05, 4.69) is 10.6 Å². The van der Waals surface area contributed by atoms with Crippen LogP contribution in [0.15, 0.2) is 60.7 Å². The minimum atomic E-state index is -1.71. The summed E-state index contributed by atoms with van der Waals surface area (Å²) in [6.07, 6.45) is 0.417. The smallest absolute Gasteiger partial charge is 0.235 e. The summed E-state index contributed by atoms with van der Waals surface area (Å²) in [5.74, 6) is -4.25. The van der Waals surface area contributed by atoms with E-state index in [1.807, 2.05) is 65.0 Å². The van der Waals surface area contributed by atoms with Gasteiger partial charge in [0.1, 0.15) is 17.5 Å². The molecule has 4 atom stereocenters. The molecule has 41 heavy (non-hydrogen) atoms. The summed E-state index contributed by atoms with van der Waals surface area (Å²) in [6.45, 7) is 11.6. The van der Waals surface area contributed by atoms with Gasteiger partial charge in [0.05, 0.1) is 18.1 Å². The zero-order chi connectivity index (χ0) is 29.9. The highest BCUT2D eigenvalue weighted by atomic mass is 16.5. The number of rotatable bonds is 8. The molecular formula is C34H40N2O5. The van der Waals surface area contributed by atoms with Crippen LogP contribution in [0.4, 0.5) is 11.4 Å². The predicted octanol–water partition coefficient (Wildman–Crippen LogP) is 6.03. The van der Waals surface area contributed by atoms with Crippen molar-refractivity contribution in [3.05, 3.63) is 88.5 Å². The van der Waals surface area contributed by atoms with Gasteiger partial charge in [-0.25, -0.2) is 0 Å². The third-order valence-corrected chi connectivity index (χ3v) is 8.30. The van der Waals surface area contributed by atoms with E-state index in [0.717, 1.165) is 28.7 Å². The number of ketones is 1. The van der Waals surface area contributed by atoms with Crippen LogP contribution in [0.25, 0.3) is 0 Å². The number of para-hydroxylation sites is 1. The molecule has 3 N–H and O–H groups in total. The molecule has 0 radical (unpaired) electrons. The van der Waals surface area contributed by atoms with Crippen LogP contribution in [0, 0.1) is 39.5 Å². The number of anilines is 2. The highest BCUT2D eigenvalue weighted by molar-refractivity contribution is 6.11. The molecule has 1 aliphatic carbocycles. The van der Waals surface area contributed by atoms with Crippen molar-refractivity contribution in [2.75, 3.05) is 17.2 Å². The number of carbonyl (C=O) groups excluding carboxylic acids is 3. The maximum absolute atomic E-state index is 14.1. The van der Waals surface area contributed by atoms with Crippen molar-refractivity contribution in [3.8, 4) is 5.75 Å². The number of carbonyl (C=O) groups is 3. The van der Waals surface area contributed by atoms with E-state index in [4.69, 9.17) is 4.74 Å². The van der Waals surface area contributed by atoms with Crippen LogP contribution in [0.3, 0.4) is 0 Å². The van der Waals surface area contributed by atoms with Crippen molar-refractivity contribution in [1.82, 2.24) is 0 Å². The zero-order valence-corrected chi connectivity index (χ0v) is 24.7. The van der Waals surface area contributed by atoms with Gasteiger partial charge in [0.15, 0.2) is 0 Å². The largest absolute Gasteiger partial charge is 0.493 e. The number of amides is 2. The van der Waals surface area contributed by atoms with Crippen LogP contribution < -0.4 is 15.4 Å². The second kappa shape index (κ2) is 12.3. The lowest BCUT2D eigenvalue weighted by Gasteiger charge is -2.44. The average Bonchev–Trinajstić information content (AvgIpc) is 2.91. The fourth-order valence-electron chi connectivity index (χ4n) is 5.76. The van der Waals surface area contributed by atoms with Crippen molar-refractivity contribution in [3.63, 3.8) is 0 Å². The molecule has 0 heterocycles. The van der Waals surface area contributed by atoms with Crippen molar-refractivity contribution in [1.29, 1.82) is 0 Å². The number of Topliss-reactive ketones (excluding diaryl/α,β-unsaturated/α-hetero) is 1. The first-order chi connectivity index (χ1) is 19.5. The average molecular weight is 557 g/mol. The van der Waals surface area contributed by atoms with E-state index in [9.17, 15) is 19.5 Å². The van der Waals surface area contributed by atoms with Crippen molar-refractivity contribution < 1.29 is 24.2 Å². The first-order valence-corrected chi connectivity index (χ1v) is 14.2. The number of ether oxygens (including phenoxy) is 1. The van der Waals surface area contributed by atoms with Crippen LogP contribution in [-0.4, -0.2) is 34.9 Å². The number of nitrogens with one attached hydrogen (secondary N) is 2. The predicted molar refractivity (Wildman–Crippen MR) is 161 cm³/mol. The fraction of sp³-hybridized carbons (Fsp3) is 0.382. The van der Waals surface area contributed by atoms with Crippen LogP contribution >= 0.6 is 0 Å². The molecule has 0 spiro atoms. The number of benzene rings is 3. The molecule has 7 nitrogen and oxygen atoms in total. The third kappa shape index (κ3) is 6.20. The summed E-state index contributed by atoms with van der Waals surface area (Å²) in [5, 5.41) is 17.6. The Bertz CT molecular complexity index is 1460. The van der Waals surface area contributed by atoms with Crippen LogP contribution in [0.2, 0.25) is 0 Å². The van der Waals surface area contributed by atoms with E-state index in [1.165, 1.54) is 6.92 Å². The Morgan fingerprint density at radius 3 is 2.02 bits per heavy atom. The Hall–Kier alpha value is -3.97. The molecule has 0 saturated heterocycles. The monoisotopic (exact) mass is 556 g/mol. The lowest BCUT2D eigenvalue weighted by atomic mass is 9.61. The Kier molecular flexibility index (Phi) is 8.98. The van der Waals surface area contributed by atoms with Gasteiger partial charge in [-0.1, -0.05) is 49.4 Å². The van der Waals surface area contributed by atoms with Crippen LogP contribution in [-0.2, 0) is 14.4 Å². The molecule has 2 amide bonds. The maximum atomic E-state index is 14.1. The quantitative estimate of drug-likeness (QED) is 0.294. The number of hydrogen-bond acceptors (Lipinski definition) is 5. The van der Waals surface area contributed by atoms with Gasteiger partial charge in [0.2, 0.25) is 11.8 Å². The first kappa shape index (κ1) is 30.0. The van der Waals surface area contributed by atoms with Gasteiger partial charge in [-0.05, 0) is 87.1 Å². The molecule has 0 aromatic heterocycles. The van der Waals surface area contributed by atoms with Gasteiger partial charge in [-0.2, -0.15) is 0 Å². The summed E-state index contributed by atoms with van der Waals surface area (Å²) < 4.78 is 6.05. The van der Waals surface area contributed by atoms with Crippen molar-refractivity contribution in [2.24, 2.45) is 11.8 Å². The molecule has 1 saturated carbocycles. The van der Waals surface area contributed by atoms with Crippen LogP contribution in [0.5, 0.6) is 5.75 Å². The van der Waals surface area contributed by atoms with E-state index in [1.54, 1.807) is 30.3 Å². The minimum absolute atomic E-state index is 0.336. The van der Waals surface area contributed by atoms with Gasteiger partial charge in [0.25, 0.3) is 0 Å². The normalized spacial score (nSPS) is 22.2. The van der Waals surface area contributed by atoms with Gasteiger partial charge < -0.3 is 20.5 Å². The Morgan fingerprint density at radius 1 is 0.878 bits per heavy atom. The Morgan fingerprint density at radius 2 is 1.44 bits per heavy atom. The molecule has 1 aliphatic rings. The number of aryl methyl sites for hydroxylation is 2. The maximum Gasteiger partial charge on any atom is 0.235 e. The Labute approximate surface area is 242 Å². The minimum Gasteiger partial charge on any atom is -0.493 e. The molecule has 3 aromatic carbocycles. The summed E-state index contributed by atoms with van der Waals surface area (Å²) in [4.78, 5) is 41.9. The van der Waals surface area contributed by atoms with E-state index >= 15 is 0 Å². The summed E-state index contributed by atoms with van der Waals surface area (Å²) in [6, 6.07) is 18.4. The second-order valence-corrected chi connectivity index (χ2v) is 11.3. The van der Waals surface area contributed by atoms with E-state index in [0.29, 0.717) is 29.3 Å². The molecule has 4 unspecified atom stereocenters. The first-order valence-electron chi connectivity index (χ1n) is 14.2. The number of aliphatic hydroxyl groups is 1. The topological polar surface area (TPSA) is 105 Å². The molecule has 1 fully saturated rings. The Balaban J connectivity index is 1.84. The lowest BCUT2D eigenvalue weighted by Crippen LogP contribution is -2.56. The summed E-state index contributed by atoms with van der Waals surface area (Å²) in [5.41, 5.74) is 3.85. The van der Waals surface area contributed by atoms with Crippen molar-refractivity contribution in [2.45, 2.75) is 65.9 Å². The molecule has 216 valence electrons. The number of hydrogen-bond donors (Lipinski definition) is 3. The summed E-state index contributed by atoms with van der Waals surface area (Å²) >= 11 is 0. The van der Waals surface area contributed by atoms with Gasteiger partial charge in [-0.3, -0.25) is 14.4 Å². The SMILES string of the molecule is CCCOc1ccccc1C1C(C(=O)Nc2cccc(C)c2C)C(=O)CC(C)(O)C1C(=O)Nc1cccc(C)c1C. The zero-order valence-electron chi connectivity index (χ0n) is 24.7. The second-order valence-electron chi connectivity index (χ2n) is 11.3. The van der Waals surface area contributed by atoms with E-state index < -0.39 is 41.0 Å². The highest BCUT2D eigenvalue weighted by Crippen LogP contribution is 2.49. The third-order valence-electron chi connectivity index (χ3n) is 8.30. The molecule has 3 aromatic rings. The molecule has 0 bridgehead atoms. The van der Waals surface area contributed by atoms with Gasteiger partial charge in [0, 0.05) is 23.7 Å². The van der Waals surface area contributed by atoms with Crippen LogP contribution in [0.1, 0.15) is 60.4 Å². The molecule has 4 rings (SSSR count). The van der Waals surface area contributed by atoms with E-state index in [-0.39, 0.29) is 6.42 Å². The van der Waals surface area contributed by atoms with Gasteiger partial charge in [-0.15, -0.1) is 0 Å². The van der Waals surface area contributed by atoms with Crippen molar-refractivity contribution >= 4 is 29.0 Å². The molecular weight excluding hydrogens is 516 g/mol. The highest BCUT2D eigenvalue weighted by Gasteiger charge is 2.56. The fourth-order valence-corrected chi connectivity index (χ4v) is 5.76. The molecule has 7 heteroatoms. The molecule has 0 aliphatic heterocycles. The standard InChI is InChI=1S/C34H40N2O5/c1-7-18-41-28-17-9-8-14-24(28)29-30(32(38)35-25-15-10-12-20(2)22(25)4)27(37)19-34(6,40)31(29)33(39)36-26-16-11-13-21(3)23(26)5/h8-17,29-31,40H,7,18-19H2,1-6H3,(H,35,38)(H,36,39). The lowest BCUT2D eigenvalue weighted by molar-refractivity contribution is -0.150. The summed E-state index contributed by atoms with van der Waals surface area (Å²) in [7, 11) is 0. The van der Waals surface area contributed by atoms with Gasteiger partial charge >= 0.3 is 0 Å².